The lowest BCUT2D eigenvalue weighted by Gasteiger charge is -2.06. The summed E-state index contributed by atoms with van der Waals surface area (Å²) in [4.78, 5) is 4.39. The van der Waals surface area contributed by atoms with Gasteiger partial charge >= 0.3 is 6.61 Å². The van der Waals surface area contributed by atoms with E-state index in [0.29, 0.717) is 33.8 Å². The maximum absolute atomic E-state index is 12.2. The number of ether oxygens (including phenoxy) is 1. The number of hydrogen-bond donors (Lipinski definition) is 1. The highest BCUT2D eigenvalue weighted by Crippen LogP contribution is 2.27. The van der Waals surface area contributed by atoms with Crippen molar-refractivity contribution in [2.45, 2.75) is 17.5 Å². The molecule has 2 N–H and O–H groups in total. The molecule has 0 radical (unpaired) electrons. The molecule has 0 aliphatic rings. The maximum Gasteiger partial charge on any atom is 0.387 e. The number of nitrogens with two attached hydrogens (primary N) is 1. The Morgan fingerprint density at radius 2 is 1.89 bits per heavy atom. The Hall–Kier alpha value is -3.14. The van der Waals surface area contributed by atoms with Crippen LogP contribution in [0.1, 0.15) is 5.89 Å². The van der Waals surface area contributed by atoms with E-state index in [4.69, 9.17) is 10.3 Å². The van der Waals surface area contributed by atoms with Crippen LogP contribution in [0.4, 0.5) is 8.78 Å². The van der Waals surface area contributed by atoms with Gasteiger partial charge in [-0.2, -0.15) is 8.78 Å². The van der Waals surface area contributed by atoms with Gasteiger partial charge in [-0.15, -0.1) is 10.2 Å². The van der Waals surface area contributed by atoms with Gasteiger partial charge in [0.2, 0.25) is 11.0 Å². The molecule has 4 rings (SSSR count). The molecule has 0 saturated carbocycles. The Kier molecular flexibility index (Phi) is 4.63. The number of alkyl halides is 2. The van der Waals surface area contributed by atoms with Gasteiger partial charge in [0, 0.05) is 5.56 Å². The predicted octanol–water partition coefficient (Wildman–Crippen LogP) is 3.69. The molecule has 7 nitrogen and oxygen atoms in total. The van der Waals surface area contributed by atoms with Crippen molar-refractivity contribution < 1.29 is 17.9 Å². The molecule has 2 aromatic heterocycles. The van der Waals surface area contributed by atoms with Crippen LogP contribution in [-0.2, 0) is 5.75 Å². The molecular formula is C17H13F2N5O2S. The zero-order chi connectivity index (χ0) is 18.8. The third kappa shape index (κ3) is 3.70. The first-order chi connectivity index (χ1) is 13.1. The second-order valence-electron chi connectivity index (χ2n) is 5.44. The second kappa shape index (κ2) is 7.23. The molecule has 4 aromatic rings. The number of nitrogen functional groups attached to an aromatic ring is 1. The summed E-state index contributed by atoms with van der Waals surface area (Å²) in [5.74, 6) is 7.51. The number of para-hydroxylation sites is 2. The van der Waals surface area contributed by atoms with Crippen LogP contribution in [0.2, 0.25) is 0 Å². The van der Waals surface area contributed by atoms with Gasteiger partial charge in [0.1, 0.15) is 11.3 Å². The predicted molar refractivity (Wildman–Crippen MR) is 95.8 cm³/mol. The fourth-order valence-electron chi connectivity index (χ4n) is 2.47. The Bertz CT molecular complexity index is 1030. The van der Waals surface area contributed by atoms with Gasteiger partial charge in [0.25, 0.3) is 0 Å². The lowest BCUT2D eigenvalue weighted by Crippen LogP contribution is -2.11. The van der Waals surface area contributed by atoms with Crippen LogP contribution < -0.4 is 10.6 Å². The smallest absolute Gasteiger partial charge is 0.387 e. The van der Waals surface area contributed by atoms with E-state index >= 15 is 0 Å². The average molecular weight is 389 g/mol. The van der Waals surface area contributed by atoms with Gasteiger partial charge < -0.3 is 15.0 Å². The summed E-state index contributed by atoms with van der Waals surface area (Å²) < 4.78 is 35.8. The molecule has 0 unspecified atom stereocenters. The van der Waals surface area contributed by atoms with Crippen molar-refractivity contribution in [1.29, 1.82) is 0 Å². The van der Waals surface area contributed by atoms with Gasteiger partial charge in [0.15, 0.2) is 11.4 Å². The normalized spacial score (nSPS) is 11.4. The topological polar surface area (TPSA) is 92.0 Å². The Balaban J connectivity index is 1.48. The molecule has 0 amide bonds. The molecule has 0 saturated heterocycles. The number of aromatic nitrogens is 4. The average Bonchev–Trinajstić information content (AvgIpc) is 3.23. The molecule has 0 aliphatic heterocycles. The number of fused-ring (bicyclic) bond motifs is 1. The van der Waals surface area contributed by atoms with Crippen LogP contribution in [0.15, 0.2) is 58.1 Å². The molecule has 10 heteroatoms. The highest BCUT2D eigenvalue weighted by Gasteiger charge is 2.14. The lowest BCUT2D eigenvalue weighted by atomic mass is 10.2. The van der Waals surface area contributed by atoms with Crippen LogP contribution >= 0.6 is 11.8 Å². The van der Waals surface area contributed by atoms with E-state index in [1.54, 1.807) is 12.1 Å². The van der Waals surface area contributed by atoms with Gasteiger partial charge in [-0.25, -0.2) is 9.66 Å². The van der Waals surface area contributed by atoms with Gasteiger partial charge in [-0.1, -0.05) is 23.9 Å². The van der Waals surface area contributed by atoms with E-state index in [1.165, 1.54) is 28.6 Å². The van der Waals surface area contributed by atoms with E-state index in [-0.39, 0.29) is 5.75 Å². The number of nitrogens with zero attached hydrogens (tertiary/aromatic N) is 4. The Morgan fingerprint density at radius 3 is 2.63 bits per heavy atom. The van der Waals surface area contributed by atoms with Crippen molar-refractivity contribution in [3.63, 3.8) is 0 Å². The minimum Gasteiger partial charge on any atom is -0.440 e. The van der Waals surface area contributed by atoms with Crippen molar-refractivity contribution in [2.24, 2.45) is 0 Å². The molecule has 138 valence electrons. The van der Waals surface area contributed by atoms with Gasteiger partial charge in [0.05, 0.1) is 5.75 Å². The highest BCUT2D eigenvalue weighted by molar-refractivity contribution is 7.98. The molecule has 0 bridgehead atoms. The standard InChI is InChI=1S/C17H13F2N5O2S/c18-16(19)25-11-7-5-10(6-8-11)15-22-23-17(24(15)20)27-9-14-21-12-3-1-2-4-13(12)26-14/h1-8,16H,9,20H2. The minimum atomic E-state index is -2.87. The van der Waals surface area contributed by atoms with Gasteiger partial charge in [-0.3, -0.25) is 0 Å². The number of oxazole rings is 1. The number of rotatable bonds is 6. The highest BCUT2D eigenvalue weighted by atomic mass is 32.2. The lowest BCUT2D eigenvalue weighted by molar-refractivity contribution is -0.0498. The van der Waals surface area contributed by atoms with Crippen molar-refractivity contribution in [1.82, 2.24) is 19.9 Å². The summed E-state index contributed by atoms with van der Waals surface area (Å²) in [6, 6.07) is 13.5. The van der Waals surface area contributed by atoms with Crippen molar-refractivity contribution >= 4 is 22.9 Å². The SMILES string of the molecule is Nn1c(SCc2nc3ccccc3o2)nnc1-c1ccc(OC(F)F)cc1. The molecule has 0 atom stereocenters. The first-order valence-electron chi connectivity index (χ1n) is 7.83. The summed E-state index contributed by atoms with van der Waals surface area (Å²) in [7, 11) is 0. The third-order valence-electron chi connectivity index (χ3n) is 3.67. The van der Waals surface area contributed by atoms with Crippen molar-refractivity contribution in [3.8, 4) is 17.1 Å². The van der Waals surface area contributed by atoms with E-state index in [0.717, 1.165) is 5.52 Å². The first kappa shape index (κ1) is 17.3. The Labute approximate surface area is 156 Å². The van der Waals surface area contributed by atoms with Gasteiger partial charge in [-0.05, 0) is 36.4 Å². The largest absolute Gasteiger partial charge is 0.440 e. The fourth-order valence-corrected chi connectivity index (χ4v) is 3.17. The summed E-state index contributed by atoms with van der Waals surface area (Å²) in [6.45, 7) is -2.87. The number of halogens is 2. The first-order valence-corrected chi connectivity index (χ1v) is 8.82. The molecule has 2 heterocycles. The fraction of sp³-hybridized carbons (Fsp3) is 0.118. The molecule has 2 aromatic carbocycles. The second-order valence-corrected chi connectivity index (χ2v) is 6.39. The molecule has 0 fully saturated rings. The summed E-state index contributed by atoms with van der Waals surface area (Å²) in [5, 5.41) is 8.59. The van der Waals surface area contributed by atoms with E-state index < -0.39 is 6.61 Å². The van der Waals surface area contributed by atoms with Crippen LogP contribution in [0, 0.1) is 0 Å². The van der Waals surface area contributed by atoms with E-state index in [9.17, 15) is 8.78 Å². The van der Waals surface area contributed by atoms with Crippen molar-refractivity contribution in [2.75, 3.05) is 5.84 Å². The molecule has 0 spiro atoms. The molecule has 0 aliphatic carbocycles. The van der Waals surface area contributed by atoms with Crippen LogP contribution in [0.5, 0.6) is 5.75 Å². The maximum atomic E-state index is 12.2. The van der Waals surface area contributed by atoms with Crippen LogP contribution in [-0.4, -0.2) is 26.5 Å². The van der Waals surface area contributed by atoms with Crippen LogP contribution in [0.3, 0.4) is 0 Å². The van der Waals surface area contributed by atoms with Crippen LogP contribution in [0.25, 0.3) is 22.5 Å². The third-order valence-corrected chi connectivity index (χ3v) is 4.59. The zero-order valence-electron chi connectivity index (χ0n) is 13.8. The monoisotopic (exact) mass is 389 g/mol. The van der Waals surface area contributed by atoms with E-state index in [2.05, 4.69) is 19.9 Å². The summed E-state index contributed by atoms with van der Waals surface area (Å²) in [6.07, 6.45) is 0. The minimum absolute atomic E-state index is 0.0578. The quantitative estimate of drug-likeness (QED) is 0.397. The number of hydrogen-bond acceptors (Lipinski definition) is 7. The summed E-state index contributed by atoms with van der Waals surface area (Å²) >= 11 is 1.33. The molecule has 27 heavy (non-hydrogen) atoms. The van der Waals surface area contributed by atoms with E-state index in [1.807, 2.05) is 24.3 Å². The Morgan fingerprint density at radius 1 is 1.11 bits per heavy atom. The zero-order valence-corrected chi connectivity index (χ0v) is 14.6. The van der Waals surface area contributed by atoms with Crippen molar-refractivity contribution in [3.05, 3.63) is 54.4 Å². The number of thioether (sulfide) groups is 1. The molecular weight excluding hydrogens is 376 g/mol. The summed E-state index contributed by atoms with van der Waals surface area (Å²) in [5.41, 5.74) is 2.13. The number of benzene rings is 2.